The van der Waals surface area contributed by atoms with E-state index in [-0.39, 0.29) is 0 Å². The van der Waals surface area contributed by atoms with Crippen LogP contribution in [0.2, 0.25) is 0 Å². The highest BCUT2D eigenvalue weighted by molar-refractivity contribution is 7.23. The molecule has 0 saturated heterocycles. The van der Waals surface area contributed by atoms with E-state index in [4.69, 9.17) is 9.97 Å². The van der Waals surface area contributed by atoms with E-state index in [0.29, 0.717) is 5.95 Å². The van der Waals surface area contributed by atoms with Gasteiger partial charge >= 0.3 is 0 Å². The topological polar surface area (TPSA) is 40.6 Å². The number of nitrogens with zero attached hydrogens (tertiary/aromatic N) is 5. The quantitative estimate of drug-likeness (QED) is 0.167. The van der Waals surface area contributed by atoms with Crippen molar-refractivity contribution >= 4 is 109 Å². The molecule has 0 unspecified atom stereocenters. The summed E-state index contributed by atoms with van der Waals surface area (Å²) in [4.78, 5) is 12.7. The second kappa shape index (κ2) is 15.9. The van der Waals surface area contributed by atoms with Crippen LogP contribution in [0.1, 0.15) is 0 Å². The summed E-state index contributed by atoms with van der Waals surface area (Å²) in [5.74, 6) is 0.631. The molecule has 0 saturated carbocycles. The highest BCUT2D eigenvalue weighted by Crippen LogP contribution is 2.45. The van der Waals surface area contributed by atoms with E-state index in [1.807, 2.05) is 11.3 Å². The minimum Gasteiger partial charge on any atom is -0.309 e. The number of rotatable bonds is 6. The third kappa shape index (κ3) is 6.09. The molecule has 0 amide bonds. The largest absolute Gasteiger partial charge is 0.309 e. The first-order valence-electron chi connectivity index (χ1n) is 25.1. The Bertz CT molecular complexity index is 4950. The number of fused-ring (bicyclic) bond motifs is 14. The van der Waals surface area contributed by atoms with Crippen LogP contribution in [0.25, 0.3) is 147 Å². The first-order chi connectivity index (χ1) is 36.7. The summed E-state index contributed by atoms with van der Waals surface area (Å²) in [6.07, 6.45) is 0. The predicted molar refractivity (Wildman–Crippen MR) is 312 cm³/mol. The molecule has 5 aromatic heterocycles. The number of aromatic nitrogens is 5. The Hall–Kier alpha value is -9.62. The molecule has 0 radical (unpaired) electrons. The second-order valence-corrected chi connectivity index (χ2v) is 20.4. The van der Waals surface area contributed by atoms with Crippen LogP contribution in [-0.2, 0) is 0 Å². The van der Waals surface area contributed by atoms with Crippen molar-refractivity contribution in [1.82, 2.24) is 23.7 Å². The molecule has 74 heavy (non-hydrogen) atoms. The van der Waals surface area contributed by atoms with Gasteiger partial charge in [0, 0.05) is 69.6 Å². The number of hydrogen-bond donors (Lipinski definition) is 0. The van der Waals surface area contributed by atoms with Crippen molar-refractivity contribution in [2.75, 3.05) is 0 Å². The first kappa shape index (κ1) is 41.0. The number of thiophene rings is 1. The van der Waals surface area contributed by atoms with Gasteiger partial charge in [-0.1, -0.05) is 176 Å². The van der Waals surface area contributed by atoms with Crippen LogP contribution in [0, 0.1) is 0 Å². The van der Waals surface area contributed by atoms with Crippen molar-refractivity contribution in [2.45, 2.75) is 0 Å². The highest BCUT2D eigenvalue weighted by Gasteiger charge is 2.23. The lowest BCUT2D eigenvalue weighted by molar-refractivity contribution is 1.02. The van der Waals surface area contributed by atoms with E-state index in [1.54, 1.807) is 0 Å². The van der Waals surface area contributed by atoms with E-state index in [1.165, 1.54) is 64.0 Å². The molecule has 5 nitrogen and oxygen atoms in total. The van der Waals surface area contributed by atoms with Crippen LogP contribution in [0.15, 0.2) is 249 Å². The van der Waals surface area contributed by atoms with Gasteiger partial charge in [-0.15, -0.1) is 11.3 Å². The molecule has 0 aliphatic carbocycles. The van der Waals surface area contributed by atoms with Crippen molar-refractivity contribution in [3.05, 3.63) is 249 Å². The van der Waals surface area contributed by atoms with Gasteiger partial charge in [0.15, 0.2) is 0 Å². The van der Waals surface area contributed by atoms with Crippen molar-refractivity contribution in [3.63, 3.8) is 0 Å². The lowest BCUT2D eigenvalue weighted by atomic mass is 10.0. The van der Waals surface area contributed by atoms with Crippen molar-refractivity contribution < 1.29 is 0 Å². The second-order valence-electron chi connectivity index (χ2n) is 19.3. The van der Waals surface area contributed by atoms with Crippen LogP contribution >= 0.6 is 11.3 Å². The average Bonchev–Trinajstić information content (AvgIpc) is 4.24. The molecule has 11 aromatic carbocycles. The molecule has 5 heterocycles. The van der Waals surface area contributed by atoms with Crippen molar-refractivity contribution in [1.29, 1.82) is 0 Å². The molecule has 0 aliphatic heterocycles. The van der Waals surface area contributed by atoms with Gasteiger partial charge in [-0.3, -0.25) is 4.57 Å². The van der Waals surface area contributed by atoms with Gasteiger partial charge < -0.3 is 9.13 Å². The molecular weight excluding hydrogens is 919 g/mol. The van der Waals surface area contributed by atoms with Crippen LogP contribution in [0.3, 0.4) is 0 Å². The Morgan fingerprint density at radius 3 is 1.55 bits per heavy atom. The Labute approximate surface area is 428 Å². The summed E-state index contributed by atoms with van der Waals surface area (Å²) in [5.41, 5.74) is 15.4. The molecule has 0 bridgehead atoms. The molecule has 0 atom stereocenters. The molecular formula is C68H41N5S. The first-order valence-corrected chi connectivity index (χ1v) is 26.0. The van der Waals surface area contributed by atoms with Gasteiger partial charge in [-0.05, 0) is 100 Å². The lowest BCUT2D eigenvalue weighted by Gasteiger charge is -2.14. The van der Waals surface area contributed by atoms with Crippen LogP contribution < -0.4 is 0 Å². The number of para-hydroxylation sites is 4. The van der Waals surface area contributed by atoms with Gasteiger partial charge in [0.25, 0.3) is 0 Å². The molecule has 0 spiro atoms. The maximum absolute atomic E-state index is 5.87. The SMILES string of the molecule is c1ccc(-c2cc3ccc4nc(-n5c6cc(-c7ccc8c9ccccc9n(-c9ccccc9)c8c7)ccc6c6ccc7ccccc7c65)nc(-c5ccc6c(c5)c5ccccc5n6-c5ccccc5)c4c3s2)cc1. The summed E-state index contributed by atoms with van der Waals surface area (Å²) in [6, 6.07) is 90.3. The van der Waals surface area contributed by atoms with E-state index >= 15 is 0 Å². The molecule has 0 fully saturated rings. The smallest absolute Gasteiger partial charge is 0.235 e. The summed E-state index contributed by atoms with van der Waals surface area (Å²) < 4.78 is 8.28. The number of benzene rings is 11. The standard InChI is InChI=1S/C68H41N5S/c1-4-17-43(18-5-1)63-41-47-31-36-57-64(67(47)74-63)65(46-32-37-60-56(38-46)52-25-13-15-27-59(52)71(60)48-19-6-2-7-20-48)70-68(69-57)73-62-40-45(30-34-54(62)55-35-28-42-16-10-11-23-50(42)66(55)73)44-29-33-53-51-24-12-14-26-58(51)72(61(53)39-44)49-21-8-3-9-22-49/h1-41H. The normalized spacial score (nSPS) is 12.1. The maximum atomic E-state index is 5.87. The van der Waals surface area contributed by atoms with Crippen molar-refractivity contribution in [2.24, 2.45) is 0 Å². The van der Waals surface area contributed by atoms with E-state index in [0.717, 1.165) is 77.4 Å². The fourth-order valence-corrected chi connectivity index (χ4v) is 13.1. The van der Waals surface area contributed by atoms with E-state index < -0.39 is 0 Å². The molecule has 0 N–H and O–H groups in total. The summed E-state index contributed by atoms with van der Waals surface area (Å²) >= 11 is 1.81. The molecule has 16 rings (SSSR count). The summed E-state index contributed by atoms with van der Waals surface area (Å²) in [7, 11) is 0. The van der Waals surface area contributed by atoms with Gasteiger partial charge in [-0.2, -0.15) is 0 Å². The number of hydrogen-bond acceptors (Lipinski definition) is 3. The Kier molecular flexibility index (Phi) is 8.84. The monoisotopic (exact) mass is 959 g/mol. The molecule has 0 aliphatic rings. The molecule has 344 valence electrons. The fourth-order valence-electron chi connectivity index (χ4n) is 11.9. The predicted octanol–water partition coefficient (Wildman–Crippen LogP) is 18.3. The zero-order valence-electron chi connectivity index (χ0n) is 39.8. The van der Waals surface area contributed by atoms with Gasteiger partial charge in [0.2, 0.25) is 5.95 Å². The minimum atomic E-state index is 0.631. The minimum absolute atomic E-state index is 0.631. The van der Waals surface area contributed by atoms with Crippen LogP contribution in [0.4, 0.5) is 0 Å². The van der Waals surface area contributed by atoms with Crippen molar-refractivity contribution in [3.8, 4) is 50.1 Å². The van der Waals surface area contributed by atoms with Crippen LogP contribution in [0.5, 0.6) is 0 Å². The average molecular weight is 960 g/mol. The zero-order valence-corrected chi connectivity index (χ0v) is 40.6. The lowest BCUT2D eigenvalue weighted by Crippen LogP contribution is -2.04. The maximum Gasteiger partial charge on any atom is 0.235 e. The fraction of sp³-hybridized carbons (Fsp3) is 0. The summed E-state index contributed by atoms with van der Waals surface area (Å²) in [5, 5.41) is 11.7. The summed E-state index contributed by atoms with van der Waals surface area (Å²) in [6.45, 7) is 0. The third-order valence-electron chi connectivity index (χ3n) is 15.2. The Morgan fingerprint density at radius 2 is 0.838 bits per heavy atom. The van der Waals surface area contributed by atoms with Gasteiger partial charge in [0.05, 0.1) is 44.3 Å². The molecule has 16 aromatic rings. The van der Waals surface area contributed by atoms with E-state index in [2.05, 4.69) is 262 Å². The van der Waals surface area contributed by atoms with Gasteiger partial charge in [-0.25, -0.2) is 9.97 Å². The van der Waals surface area contributed by atoms with Crippen LogP contribution in [-0.4, -0.2) is 23.7 Å². The van der Waals surface area contributed by atoms with E-state index in [9.17, 15) is 0 Å². The highest BCUT2D eigenvalue weighted by atomic mass is 32.1. The molecule has 6 heteroatoms. The Balaban J connectivity index is 0.981. The Morgan fingerprint density at radius 1 is 0.311 bits per heavy atom. The zero-order chi connectivity index (χ0) is 48.4. The van der Waals surface area contributed by atoms with Gasteiger partial charge in [0.1, 0.15) is 0 Å². The third-order valence-corrected chi connectivity index (χ3v) is 16.4.